The lowest BCUT2D eigenvalue weighted by Crippen LogP contribution is -2.31. The molecular formula is C18H28N4O2. The number of nitrogens with one attached hydrogen (secondary N) is 1. The number of carbonyl (C=O) groups excluding carboxylic acids is 1. The fraction of sp³-hybridized carbons (Fsp3) is 0.722. The number of aromatic nitrogens is 2. The predicted molar refractivity (Wildman–Crippen MR) is 92.6 cm³/mol. The van der Waals surface area contributed by atoms with Gasteiger partial charge in [0.2, 0.25) is 5.95 Å². The lowest BCUT2D eigenvalue weighted by molar-refractivity contribution is 0.0998. The lowest BCUT2D eigenvalue weighted by Gasteiger charge is -2.27. The monoisotopic (exact) mass is 332 g/mol. The zero-order valence-electron chi connectivity index (χ0n) is 14.6. The van der Waals surface area contributed by atoms with Crippen LogP contribution >= 0.6 is 0 Å². The summed E-state index contributed by atoms with van der Waals surface area (Å²) in [5.41, 5.74) is 6.76. The van der Waals surface area contributed by atoms with Crippen LogP contribution < -0.4 is 11.1 Å². The van der Waals surface area contributed by atoms with Crippen LogP contribution in [0.4, 0.5) is 5.95 Å². The maximum atomic E-state index is 11.7. The number of amides is 1. The molecule has 2 aliphatic rings. The molecule has 132 valence electrons. The van der Waals surface area contributed by atoms with Gasteiger partial charge in [0.25, 0.3) is 5.91 Å². The van der Waals surface area contributed by atoms with Crippen LogP contribution in [0.25, 0.3) is 0 Å². The van der Waals surface area contributed by atoms with Crippen molar-refractivity contribution in [3.63, 3.8) is 0 Å². The highest BCUT2D eigenvalue weighted by atomic mass is 16.3. The highest BCUT2D eigenvalue weighted by Gasteiger charge is 2.38. The van der Waals surface area contributed by atoms with E-state index in [1.165, 1.54) is 19.0 Å². The molecule has 2 fully saturated rings. The fourth-order valence-electron chi connectivity index (χ4n) is 3.75. The van der Waals surface area contributed by atoms with Crippen LogP contribution in [0.3, 0.4) is 0 Å². The maximum absolute atomic E-state index is 11.7. The minimum Gasteiger partial charge on any atom is -0.393 e. The molecule has 0 spiro atoms. The number of aliphatic hydroxyl groups is 1. The molecule has 6 heteroatoms. The number of anilines is 1. The van der Waals surface area contributed by atoms with Crippen molar-refractivity contribution in [3.05, 3.63) is 17.5 Å². The molecule has 0 radical (unpaired) electrons. The average molecular weight is 332 g/mol. The SMILES string of the molecule is CC(C)(Cc1nc(N[C@H]2CCC[C@@H](O)C2)ncc1C(N)=O)C1CC1. The molecule has 1 aromatic rings. The summed E-state index contributed by atoms with van der Waals surface area (Å²) in [7, 11) is 0. The van der Waals surface area contributed by atoms with E-state index in [1.807, 2.05) is 0 Å². The van der Waals surface area contributed by atoms with E-state index >= 15 is 0 Å². The molecule has 2 aliphatic carbocycles. The van der Waals surface area contributed by atoms with Gasteiger partial charge in [-0.25, -0.2) is 9.97 Å². The van der Waals surface area contributed by atoms with Crippen molar-refractivity contribution in [2.45, 2.75) is 70.9 Å². The van der Waals surface area contributed by atoms with E-state index in [0.29, 0.717) is 23.9 Å². The Morgan fingerprint density at radius 3 is 2.75 bits per heavy atom. The van der Waals surface area contributed by atoms with Crippen LogP contribution in [0.15, 0.2) is 6.20 Å². The largest absolute Gasteiger partial charge is 0.393 e. The zero-order chi connectivity index (χ0) is 17.3. The first-order valence-electron chi connectivity index (χ1n) is 8.95. The van der Waals surface area contributed by atoms with E-state index in [2.05, 4.69) is 29.1 Å². The molecule has 6 nitrogen and oxygen atoms in total. The van der Waals surface area contributed by atoms with Crippen molar-refractivity contribution in [3.8, 4) is 0 Å². The van der Waals surface area contributed by atoms with Crippen LogP contribution in [0, 0.1) is 11.3 Å². The lowest BCUT2D eigenvalue weighted by atomic mass is 9.82. The normalized spacial score (nSPS) is 24.6. The molecule has 0 saturated heterocycles. The van der Waals surface area contributed by atoms with Crippen molar-refractivity contribution >= 4 is 11.9 Å². The number of nitrogens with two attached hydrogens (primary N) is 1. The van der Waals surface area contributed by atoms with Gasteiger partial charge in [-0.3, -0.25) is 4.79 Å². The third-order valence-corrected chi connectivity index (χ3v) is 5.42. The molecule has 4 N–H and O–H groups in total. The van der Waals surface area contributed by atoms with Gasteiger partial charge < -0.3 is 16.2 Å². The summed E-state index contributed by atoms with van der Waals surface area (Å²) >= 11 is 0. The molecule has 2 atom stereocenters. The van der Waals surface area contributed by atoms with E-state index in [1.54, 1.807) is 0 Å². The van der Waals surface area contributed by atoms with E-state index in [-0.39, 0.29) is 17.6 Å². The minimum atomic E-state index is -0.476. The first kappa shape index (κ1) is 17.1. The molecule has 2 saturated carbocycles. The third-order valence-electron chi connectivity index (χ3n) is 5.42. The Balaban J connectivity index is 1.78. The summed E-state index contributed by atoms with van der Waals surface area (Å²) < 4.78 is 0. The Morgan fingerprint density at radius 2 is 2.12 bits per heavy atom. The van der Waals surface area contributed by atoms with Crippen LogP contribution in [0.1, 0.15) is 68.4 Å². The minimum absolute atomic E-state index is 0.108. The van der Waals surface area contributed by atoms with Gasteiger partial charge in [0.15, 0.2) is 0 Å². The molecule has 3 rings (SSSR count). The number of carbonyl (C=O) groups is 1. The van der Waals surface area contributed by atoms with Crippen molar-refractivity contribution in [2.75, 3.05) is 5.32 Å². The second-order valence-electron chi connectivity index (χ2n) is 8.02. The first-order chi connectivity index (χ1) is 11.3. The summed E-state index contributed by atoms with van der Waals surface area (Å²) in [5.74, 6) is 0.745. The number of rotatable bonds is 6. The summed E-state index contributed by atoms with van der Waals surface area (Å²) in [6.45, 7) is 4.45. The van der Waals surface area contributed by atoms with Gasteiger partial charge in [-0.15, -0.1) is 0 Å². The van der Waals surface area contributed by atoms with Gasteiger partial charge >= 0.3 is 0 Å². The fourth-order valence-corrected chi connectivity index (χ4v) is 3.75. The Hall–Kier alpha value is -1.69. The molecule has 0 unspecified atom stereocenters. The van der Waals surface area contributed by atoms with Gasteiger partial charge in [0.1, 0.15) is 0 Å². The Morgan fingerprint density at radius 1 is 1.38 bits per heavy atom. The highest BCUT2D eigenvalue weighted by Crippen LogP contribution is 2.47. The maximum Gasteiger partial charge on any atom is 0.252 e. The van der Waals surface area contributed by atoms with Gasteiger partial charge in [-0.05, 0) is 56.3 Å². The van der Waals surface area contributed by atoms with E-state index in [0.717, 1.165) is 31.4 Å². The summed E-state index contributed by atoms with van der Waals surface area (Å²) in [6.07, 6.45) is 8.07. The van der Waals surface area contributed by atoms with E-state index in [4.69, 9.17) is 5.73 Å². The van der Waals surface area contributed by atoms with Crippen molar-refractivity contribution in [1.29, 1.82) is 0 Å². The van der Waals surface area contributed by atoms with Crippen LogP contribution in [0.2, 0.25) is 0 Å². The van der Waals surface area contributed by atoms with E-state index in [9.17, 15) is 9.90 Å². The first-order valence-corrected chi connectivity index (χ1v) is 8.95. The molecule has 1 heterocycles. The van der Waals surface area contributed by atoms with Crippen molar-refractivity contribution < 1.29 is 9.90 Å². The Bertz CT molecular complexity index is 613. The van der Waals surface area contributed by atoms with Crippen molar-refractivity contribution in [2.24, 2.45) is 17.1 Å². The number of primary amides is 1. The zero-order valence-corrected chi connectivity index (χ0v) is 14.6. The van der Waals surface area contributed by atoms with Gasteiger partial charge in [-0.2, -0.15) is 0 Å². The summed E-state index contributed by atoms with van der Waals surface area (Å²) in [4.78, 5) is 20.6. The number of nitrogens with zero attached hydrogens (tertiary/aromatic N) is 2. The average Bonchev–Trinajstić information content (AvgIpc) is 3.31. The molecule has 0 aromatic carbocycles. The second kappa shape index (κ2) is 6.67. The Labute approximate surface area is 143 Å². The van der Waals surface area contributed by atoms with Crippen LogP contribution in [0.5, 0.6) is 0 Å². The quantitative estimate of drug-likeness (QED) is 0.742. The van der Waals surface area contributed by atoms with Gasteiger partial charge in [-0.1, -0.05) is 13.8 Å². The molecular weight excluding hydrogens is 304 g/mol. The Kier molecular flexibility index (Phi) is 4.76. The molecule has 0 bridgehead atoms. The molecule has 1 amide bonds. The summed E-state index contributed by atoms with van der Waals surface area (Å²) in [5, 5.41) is 13.1. The standard InChI is InChI=1S/C18H28N4O2/c1-18(2,11-6-7-11)9-15-14(16(19)24)10-20-17(22-15)21-12-4-3-5-13(23)8-12/h10-13,23H,3-9H2,1-2H3,(H2,19,24)(H,20,21,22)/t12-,13+/m0/s1. The second-order valence-corrected chi connectivity index (χ2v) is 8.02. The molecule has 24 heavy (non-hydrogen) atoms. The van der Waals surface area contributed by atoms with Crippen LogP contribution in [-0.2, 0) is 6.42 Å². The van der Waals surface area contributed by atoms with Gasteiger partial charge in [0, 0.05) is 12.2 Å². The topological polar surface area (TPSA) is 101 Å². The summed E-state index contributed by atoms with van der Waals surface area (Å²) in [6, 6.07) is 0.178. The van der Waals surface area contributed by atoms with Crippen molar-refractivity contribution in [1.82, 2.24) is 9.97 Å². The third kappa shape index (κ3) is 4.04. The number of aliphatic hydroxyl groups excluding tert-OH is 1. The number of hydrogen-bond acceptors (Lipinski definition) is 5. The predicted octanol–water partition coefficient (Wildman–Crippen LogP) is 2.27. The molecule has 0 aliphatic heterocycles. The smallest absolute Gasteiger partial charge is 0.252 e. The number of hydrogen-bond donors (Lipinski definition) is 3. The van der Waals surface area contributed by atoms with Crippen LogP contribution in [-0.4, -0.2) is 33.1 Å². The highest BCUT2D eigenvalue weighted by molar-refractivity contribution is 5.93. The molecule has 1 aromatic heterocycles. The van der Waals surface area contributed by atoms with E-state index < -0.39 is 5.91 Å². The van der Waals surface area contributed by atoms with Gasteiger partial charge in [0.05, 0.1) is 17.4 Å².